The number of aromatic nitrogens is 1. The van der Waals surface area contributed by atoms with Crippen molar-refractivity contribution in [3.63, 3.8) is 0 Å². The van der Waals surface area contributed by atoms with Crippen LogP contribution >= 0.6 is 0 Å². The molecule has 0 radical (unpaired) electrons. The van der Waals surface area contributed by atoms with E-state index in [1.54, 1.807) is 24.0 Å². The zero-order valence-electron chi connectivity index (χ0n) is 19.5. The first-order chi connectivity index (χ1) is 16.1. The average Bonchev–Trinajstić information content (AvgIpc) is 3.33. The van der Waals surface area contributed by atoms with Gasteiger partial charge in [0.2, 0.25) is 15.9 Å². The maximum absolute atomic E-state index is 13.8. The minimum atomic E-state index is -3.87. The van der Waals surface area contributed by atoms with Crippen LogP contribution in [0, 0.1) is 24.6 Å². The minimum absolute atomic E-state index is 0.0166. The van der Waals surface area contributed by atoms with Gasteiger partial charge in [0.05, 0.1) is 5.92 Å². The molecule has 2 aliphatic heterocycles. The summed E-state index contributed by atoms with van der Waals surface area (Å²) in [6, 6.07) is 5.84. The third-order valence-electron chi connectivity index (χ3n) is 6.79. The highest BCUT2D eigenvalue weighted by atomic mass is 32.2. The number of carbonyl (C=O) groups is 2. The van der Waals surface area contributed by atoms with Gasteiger partial charge >= 0.3 is 0 Å². The number of piperidine rings is 2. The quantitative estimate of drug-likeness (QED) is 0.671. The summed E-state index contributed by atoms with van der Waals surface area (Å²) >= 11 is 0. The molecule has 8 nitrogen and oxygen atoms in total. The predicted octanol–water partition coefficient (Wildman–Crippen LogP) is 3.37. The van der Waals surface area contributed by atoms with Crippen LogP contribution in [0.15, 0.2) is 35.4 Å². The number of carbonyl (C=O) groups excluding carboxylic acids is 2. The van der Waals surface area contributed by atoms with E-state index in [4.69, 9.17) is 0 Å². The number of rotatable bonds is 5. The van der Waals surface area contributed by atoms with E-state index in [1.807, 2.05) is 0 Å². The molecule has 34 heavy (non-hydrogen) atoms. The molecule has 0 spiro atoms. The van der Waals surface area contributed by atoms with Crippen LogP contribution in [-0.2, 0) is 14.8 Å². The molecular weight excluding hydrogens is 459 g/mol. The van der Waals surface area contributed by atoms with Gasteiger partial charge in [0.15, 0.2) is 0 Å². The molecule has 0 saturated carbocycles. The van der Waals surface area contributed by atoms with Gasteiger partial charge in [-0.25, -0.2) is 12.8 Å². The number of nitrogens with zero attached hydrogens (tertiary/aromatic N) is 2. The summed E-state index contributed by atoms with van der Waals surface area (Å²) in [4.78, 5) is 30.1. The maximum Gasteiger partial charge on any atom is 0.270 e. The lowest BCUT2D eigenvalue weighted by Gasteiger charge is -2.31. The highest BCUT2D eigenvalue weighted by molar-refractivity contribution is 7.89. The van der Waals surface area contributed by atoms with E-state index < -0.39 is 21.8 Å². The van der Waals surface area contributed by atoms with E-state index in [0.717, 1.165) is 12.8 Å². The van der Waals surface area contributed by atoms with Crippen LogP contribution in [0.4, 0.5) is 10.1 Å². The molecule has 0 bridgehead atoms. The smallest absolute Gasteiger partial charge is 0.270 e. The lowest BCUT2D eigenvalue weighted by molar-refractivity contribution is -0.120. The molecule has 2 fully saturated rings. The number of sulfonamides is 1. The largest absolute Gasteiger partial charge is 0.356 e. The first-order valence-electron chi connectivity index (χ1n) is 11.7. The number of H-pyrrole nitrogens is 1. The summed E-state index contributed by atoms with van der Waals surface area (Å²) in [6.07, 6.45) is 4.28. The third kappa shape index (κ3) is 5.17. The van der Waals surface area contributed by atoms with Crippen LogP contribution < -0.4 is 5.32 Å². The number of hydrogen-bond donors (Lipinski definition) is 2. The van der Waals surface area contributed by atoms with Gasteiger partial charge in [-0.3, -0.25) is 9.59 Å². The number of hydrogen-bond acceptors (Lipinski definition) is 4. The molecule has 1 atom stereocenters. The number of aryl methyl sites for hydroxylation is 1. The Morgan fingerprint density at radius 3 is 2.56 bits per heavy atom. The van der Waals surface area contributed by atoms with Gasteiger partial charge in [-0.05, 0) is 62.3 Å². The minimum Gasteiger partial charge on any atom is -0.356 e. The second-order valence-electron chi connectivity index (χ2n) is 9.38. The zero-order valence-corrected chi connectivity index (χ0v) is 20.3. The van der Waals surface area contributed by atoms with Gasteiger partial charge in [-0.15, -0.1) is 0 Å². The number of amides is 2. The van der Waals surface area contributed by atoms with E-state index in [0.29, 0.717) is 49.6 Å². The lowest BCUT2D eigenvalue weighted by atomic mass is 9.98. The number of halogens is 1. The van der Waals surface area contributed by atoms with Crippen molar-refractivity contribution in [2.45, 2.75) is 44.4 Å². The van der Waals surface area contributed by atoms with Crippen molar-refractivity contribution in [2.75, 3.05) is 31.5 Å². The number of nitrogens with one attached hydrogen (secondary N) is 2. The molecule has 2 amide bonds. The maximum atomic E-state index is 13.8. The molecular formula is C24H31FN4O4S. The Morgan fingerprint density at radius 2 is 1.85 bits per heavy atom. The van der Waals surface area contributed by atoms with Crippen molar-refractivity contribution >= 4 is 27.5 Å². The number of anilines is 1. The van der Waals surface area contributed by atoms with Crippen LogP contribution in [0.3, 0.4) is 0 Å². The topological polar surface area (TPSA) is 103 Å². The number of aromatic amines is 1. The van der Waals surface area contributed by atoms with Crippen molar-refractivity contribution in [3.05, 3.63) is 47.5 Å². The van der Waals surface area contributed by atoms with E-state index in [1.165, 1.54) is 22.6 Å². The van der Waals surface area contributed by atoms with E-state index in [-0.39, 0.29) is 28.9 Å². The molecule has 184 valence electrons. The van der Waals surface area contributed by atoms with Crippen molar-refractivity contribution in [3.8, 4) is 0 Å². The zero-order chi connectivity index (χ0) is 24.5. The molecule has 4 rings (SSSR count). The Labute approximate surface area is 199 Å². The van der Waals surface area contributed by atoms with Crippen molar-refractivity contribution < 1.29 is 22.4 Å². The van der Waals surface area contributed by atoms with E-state index >= 15 is 0 Å². The van der Waals surface area contributed by atoms with Crippen LogP contribution in [-0.4, -0.2) is 60.6 Å². The lowest BCUT2D eigenvalue weighted by Crippen LogP contribution is -2.43. The molecule has 1 aromatic heterocycles. The van der Waals surface area contributed by atoms with Crippen molar-refractivity contribution in [1.82, 2.24) is 14.2 Å². The predicted molar refractivity (Wildman–Crippen MR) is 126 cm³/mol. The molecule has 1 aromatic carbocycles. The second-order valence-corrected chi connectivity index (χ2v) is 11.3. The summed E-state index contributed by atoms with van der Waals surface area (Å²) in [5, 5.41) is 2.69. The Hall–Kier alpha value is -2.72. The fourth-order valence-corrected chi connectivity index (χ4v) is 5.99. The first-order valence-corrected chi connectivity index (χ1v) is 13.1. The average molecular weight is 491 g/mol. The molecule has 2 N–H and O–H groups in total. The fourth-order valence-electron chi connectivity index (χ4n) is 4.47. The number of benzene rings is 1. The molecule has 10 heteroatoms. The van der Waals surface area contributed by atoms with E-state index in [9.17, 15) is 22.4 Å². The highest BCUT2D eigenvalue weighted by Crippen LogP contribution is 2.26. The summed E-state index contributed by atoms with van der Waals surface area (Å²) in [7, 11) is -3.87. The van der Waals surface area contributed by atoms with Crippen molar-refractivity contribution in [1.29, 1.82) is 0 Å². The van der Waals surface area contributed by atoms with Gasteiger partial charge in [0.1, 0.15) is 16.4 Å². The normalized spacial score (nSPS) is 20.3. The van der Waals surface area contributed by atoms with Crippen LogP contribution in [0.2, 0.25) is 0 Å². The monoisotopic (exact) mass is 490 g/mol. The molecule has 1 unspecified atom stereocenters. The molecule has 2 saturated heterocycles. The van der Waals surface area contributed by atoms with Crippen LogP contribution in [0.5, 0.6) is 0 Å². The SMILES string of the molecule is Cc1ccc(NC(=O)C2CCCN(S(=O)(=O)c3c[nH]c(C(=O)N4CCC(C)CC4)c3)C2)cc1F. The summed E-state index contributed by atoms with van der Waals surface area (Å²) in [5.41, 5.74) is 1.07. The Morgan fingerprint density at radius 1 is 1.12 bits per heavy atom. The Bertz CT molecular complexity index is 1170. The molecule has 2 aliphatic rings. The first kappa shape index (κ1) is 24.4. The van der Waals surface area contributed by atoms with Gasteiger partial charge in [0, 0.05) is 38.1 Å². The molecule has 0 aliphatic carbocycles. The van der Waals surface area contributed by atoms with Gasteiger partial charge in [-0.1, -0.05) is 13.0 Å². The van der Waals surface area contributed by atoms with Crippen LogP contribution in [0.1, 0.15) is 48.7 Å². The van der Waals surface area contributed by atoms with Crippen LogP contribution in [0.25, 0.3) is 0 Å². The van der Waals surface area contributed by atoms with Gasteiger partial charge in [0.25, 0.3) is 5.91 Å². The van der Waals surface area contributed by atoms with Gasteiger partial charge < -0.3 is 15.2 Å². The number of likely N-dealkylation sites (tertiary alicyclic amines) is 1. The second kappa shape index (κ2) is 9.87. The summed E-state index contributed by atoms with van der Waals surface area (Å²) in [5.74, 6) is -0.925. The summed E-state index contributed by atoms with van der Waals surface area (Å²) < 4.78 is 41.6. The highest BCUT2D eigenvalue weighted by Gasteiger charge is 2.34. The standard InChI is InChI=1S/C24H31FN4O4S/c1-16-7-10-28(11-8-16)24(31)22-13-20(14-26-22)34(32,33)29-9-3-4-18(15-29)23(30)27-19-6-5-17(2)21(25)12-19/h5-6,12-14,16,18,26H,3-4,7-11,15H2,1-2H3,(H,27,30). The van der Waals surface area contributed by atoms with Crippen molar-refractivity contribution in [2.24, 2.45) is 11.8 Å². The molecule has 2 aromatic rings. The Kier molecular flexibility index (Phi) is 7.09. The fraction of sp³-hybridized carbons (Fsp3) is 0.500. The Balaban J connectivity index is 1.42. The summed E-state index contributed by atoms with van der Waals surface area (Å²) in [6.45, 7) is 5.44. The molecule has 3 heterocycles. The van der Waals surface area contributed by atoms with E-state index in [2.05, 4.69) is 17.2 Å². The van der Waals surface area contributed by atoms with Gasteiger partial charge in [-0.2, -0.15) is 4.31 Å². The third-order valence-corrected chi connectivity index (χ3v) is 8.63.